The monoisotopic (exact) mass is 475 g/mol. The lowest BCUT2D eigenvalue weighted by molar-refractivity contribution is -0.143. The van der Waals surface area contributed by atoms with Gasteiger partial charge in [-0.1, -0.05) is 30.3 Å². The molecule has 0 saturated heterocycles. The van der Waals surface area contributed by atoms with Crippen molar-refractivity contribution in [3.8, 4) is 11.5 Å². The van der Waals surface area contributed by atoms with Crippen molar-refractivity contribution in [3.05, 3.63) is 71.5 Å². The molecule has 34 heavy (non-hydrogen) atoms. The second kappa shape index (κ2) is 9.62. The maximum absolute atomic E-state index is 13.7. The third-order valence-electron chi connectivity index (χ3n) is 5.09. The molecule has 6 nitrogen and oxygen atoms in total. The molecule has 3 aromatic carbocycles. The highest BCUT2D eigenvalue weighted by Gasteiger charge is 2.31. The standard InChI is InChI=1S/C25H24F3NO5/c1-24(2,23(31)32)29-22(30)18-10-8-15-6-4-5-7-17(15)21(18)34-13-12-33-16-9-11-20(26)19(14-16)25(3,27)28/h4-11,14H,12-13H2,1-3H3,(H,29,30)(H,31,32). The fourth-order valence-electron chi connectivity index (χ4n) is 3.22. The van der Waals surface area contributed by atoms with Crippen LogP contribution in [0.15, 0.2) is 54.6 Å². The summed E-state index contributed by atoms with van der Waals surface area (Å²) in [7, 11) is 0. The number of rotatable bonds is 9. The third kappa shape index (κ3) is 5.59. The summed E-state index contributed by atoms with van der Waals surface area (Å²) in [6, 6.07) is 13.5. The summed E-state index contributed by atoms with van der Waals surface area (Å²) in [6.07, 6.45) is 0. The third-order valence-corrected chi connectivity index (χ3v) is 5.09. The summed E-state index contributed by atoms with van der Waals surface area (Å²) in [6.45, 7) is 3.17. The number of benzene rings is 3. The van der Waals surface area contributed by atoms with Crippen LogP contribution in [-0.4, -0.2) is 35.7 Å². The van der Waals surface area contributed by atoms with E-state index >= 15 is 0 Å². The van der Waals surface area contributed by atoms with Crippen LogP contribution < -0.4 is 14.8 Å². The number of amides is 1. The number of aliphatic carboxylic acids is 1. The first-order valence-corrected chi connectivity index (χ1v) is 10.4. The lowest BCUT2D eigenvalue weighted by atomic mass is 10.0. The van der Waals surface area contributed by atoms with E-state index in [1.165, 1.54) is 26.0 Å². The second-order valence-electron chi connectivity index (χ2n) is 8.27. The van der Waals surface area contributed by atoms with Crippen LogP contribution in [-0.2, 0) is 10.7 Å². The summed E-state index contributed by atoms with van der Waals surface area (Å²) in [5.41, 5.74) is -2.16. The molecule has 0 aromatic heterocycles. The Balaban J connectivity index is 1.79. The van der Waals surface area contributed by atoms with E-state index in [2.05, 4.69) is 5.32 Å². The average molecular weight is 475 g/mol. The van der Waals surface area contributed by atoms with Gasteiger partial charge in [-0.2, -0.15) is 0 Å². The van der Waals surface area contributed by atoms with Crippen molar-refractivity contribution in [2.24, 2.45) is 0 Å². The van der Waals surface area contributed by atoms with E-state index in [0.717, 1.165) is 17.5 Å². The molecule has 0 spiro atoms. The molecule has 180 valence electrons. The van der Waals surface area contributed by atoms with Crippen LogP contribution >= 0.6 is 0 Å². The zero-order valence-corrected chi connectivity index (χ0v) is 18.8. The Kier molecular flexibility index (Phi) is 7.04. The molecule has 3 aromatic rings. The lowest BCUT2D eigenvalue weighted by Crippen LogP contribution is -2.49. The normalized spacial score (nSPS) is 11.8. The van der Waals surface area contributed by atoms with Crippen molar-refractivity contribution in [2.45, 2.75) is 32.2 Å². The van der Waals surface area contributed by atoms with Crippen LogP contribution in [0, 0.1) is 5.82 Å². The van der Waals surface area contributed by atoms with Crippen LogP contribution in [0.4, 0.5) is 13.2 Å². The van der Waals surface area contributed by atoms with E-state index in [0.29, 0.717) is 12.3 Å². The lowest BCUT2D eigenvalue weighted by Gasteiger charge is -2.22. The number of fused-ring (bicyclic) bond motifs is 1. The molecule has 0 radical (unpaired) electrons. The summed E-state index contributed by atoms with van der Waals surface area (Å²) in [5, 5.41) is 13.2. The molecule has 1 amide bonds. The maximum Gasteiger partial charge on any atom is 0.328 e. The highest BCUT2D eigenvalue weighted by atomic mass is 19.3. The molecular formula is C25H24F3NO5. The van der Waals surface area contributed by atoms with Crippen molar-refractivity contribution in [1.29, 1.82) is 0 Å². The Labute approximate surface area is 194 Å². The van der Waals surface area contributed by atoms with Crippen LogP contribution in [0.25, 0.3) is 10.8 Å². The van der Waals surface area contributed by atoms with E-state index in [9.17, 15) is 27.9 Å². The van der Waals surface area contributed by atoms with Crippen molar-refractivity contribution in [3.63, 3.8) is 0 Å². The van der Waals surface area contributed by atoms with Gasteiger partial charge < -0.3 is 19.9 Å². The Morgan fingerprint density at radius 3 is 2.32 bits per heavy atom. The number of carboxylic acids is 1. The van der Waals surface area contributed by atoms with Gasteiger partial charge in [-0.15, -0.1) is 0 Å². The molecular weight excluding hydrogens is 451 g/mol. The molecule has 0 aliphatic heterocycles. The number of nitrogens with one attached hydrogen (secondary N) is 1. The minimum absolute atomic E-state index is 0.0422. The van der Waals surface area contributed by atoms with Crippen molar-refractivity contribution in [1.82, 2.24) is 5.32 Å². The minimum Gasteiger partial charge on any atom is -0.490 e. The van der Waals surface area contributed by atoms with E-state index < -0.39 is 34.7 Å². The number of hydrogen-bond donors (Lipinski definition) is 2. The Morgan fingerprint density at radius 2 is 1.65 bits per heavy atom. The van der Waals surface area contributed by atoms with Gasteiger partial charge in [-0.05, 0) is 43.5 Å². The highest BCUT2D eigenvalue weighted by molar-refractivity contribution is 6.05. The molecule has 0 aliphatic carbocycles. The summed E-state index contributed by atoms with van der Waals surface area (Å²) in [4.78, 5) is 24.3. The van der Waals surface area contributed by atoms with Gasteiger partial charge in [0.2, 0.25) is 0 Å². The molecule has 9 heteroatoms. The number of carbonyl (C=O) groups excluding carboxylic acids is 1. The quantitative estimate of drug-likeness (QED) is 0.419. The smallest absolute Gasteiger partial charge is 0.328 e. The van der Waals surface area contributed by atoms with E-state index in [1.807, 2.05) is 12.1 Å². The van der Waals surface area contributed by atoms with Crippen molar-refractivity contribution in [2.75, 3.05) is 13.2 Å². The Bertz CT molecular complexity index is 1220. The SMILES string of the molecule is CC(C)(NC(=O)c1ccc2ccccc2c1OCCOc1ccc(F)c(C(C)(F)F)c1)C(=O)O. The Morgan fingerprint density at radius 1 is 0.971 bits per heavy atom. The molecule has 0 saturated carbocycles. The van der Waals surface area contributed by atoms with E-state index in [4.69, 9.17) is 9.47 Å². The van der Waals surface area contributed by atoms with Crippen LogP contribution in [0.1, 0.15) is 36.7 Å². The molecule has 0 unspecified atom stereocenters. The predicted octanol–water partition coefficient (Wildman–Crippen LogP) is 5.14. The molecule has 0 atom stereocenters. The zero-order chi connectivity index (χ0) is 25.1. The molecule has 0 aliphatic rings. The first-order valence-electron chi connectivity index (χ1n) is 10.4. The summed E-state index contributed by atoms with van der Waals surface area (Å²) < 4.78 is 52.0. The van der Waals surface area contributed by atoms with Crippen molar-refractivity contribution < 1.29 is 37.3 Å². The van der Waals surface area contributed by atoms with Crippen LogP contribution in [0.5, 0.6) is 11.5 Å². The predicted molar refractivity (Wildman–Crippen MR) is 120 cm³/mol. The zero-order valence-electron chi connectivity index (χ0n) is 18.8. The molecule has 0 bridgehead atoms. The van der Waals surface area contributed by atoms with Gasteiger partial charge in [0.25, 0.3) is 11.8 Å². The average Bonchev–Trinajstić information content (AvgIpc) is 2.76. The fraction of sp³-hybridized carbons (Fsp3) is 0.280. The molecule has 3 rings (SSSR count). The van der Waals surface area contributed by atoms with Crippen molar-refractivity contribution >= 4 is 22.6 Å². The number of hydrogen-bond acceptors (Lipinski definition) is 4. The molecule has 0 fully saturated rings. The first kappa shape index (κ1) is 24.9. The number of halogens is 3. The van der Waals surface area contributed by atoms with Crippen LogP contribution in [0.2, 0.25) is 0 Å². The summed E-state index contributed by atoms with van der Waals surface area (Å²) >= 11 is 0. The van der Waals surface area contributed by atoms with E-state index in [-0.39, 0.29) is 30.3 Å². The highest BCUT2D eigenvalue weighted by Crippen LogP contribution is 2.32. The second-order valence-corrected chi connectivity index (χ2v) is 8.27. The largest absolute Gasteiger partial charge is 0.490 e. The minimum atomic E-state index is -3.37. The van der Waals surface area contributed by atoms with Crippen LogP contribution in [0.3, 0.4) is 0 Å². The topological polar surface area (TPSA) is 84.9 Å². The number of ether oxygens (including phenoxy) is 2. The van der Waals surface area contributed by atoms with Gasteiger partial charge in [0.1, 0.15) is 36.1 Å². The number of alkyl halides is 2. The fourth-order valence-corrected chi connectivity index (χ4v) is 3.22. The number of carboxylic acid groups (broad SMARTS) is 1. The molecule has 2 N–H and O–H groups in total. The van der Waals surface area contributed by atoms with Gasteiger partial charge in [0, 0.05) is 12.3 Å². The maximum atomic E-state index is 13.7. The summed E-state index contributed by atoms with van der Waals surface area (Å²) in [5.74, 6) is -5.97. The van der Waals surface area contributed by atoms with Gasteiger partial charge in [-0.3, -0.25) is 4.79 Å². The molecule has 0 heterocycles. The first-order chi connectivity index (χ1) is 15.9. The Hall–Kier alpha value is -3.75. The van der Waals surface area contributed by atoms with Gasteiger partial charge in [0.15, 0.2) is 0 Å². The van der Waals surface area contributed by atoms with Gasteiger partial charge in [0.05, 0.1) is 11.1 Å². The van der Waals surface area contributed by atoms with Gasteiger partial charge >= 0.3 is 5.97 Å². The van der Waals surface area contributed by atoms with E-state index in [1.54, 1.807) is 18.2 Å². The number of carbonyl (C=O) groups is 2. The van der Waals surface area contributed by atoms with Gasteiger partial charge in [-0.25, -0.2) is 18.0 Å².